The third kappa shape index (κ3) is 2.26. The SMILES string of the molecule is CCCCc1c(-c2ccccc2C)[nH]n(C)c1=O. The summed E-state index contributed by atoms with van der Waals surface area (Å²) in [5.74, 6) is 0. The minimum absolute atomic E-state index is 0.0988. The van der Waals surface area contributed by atoms with Gasteiger partial charge in [0.05, 0.1) is 5.69 Å². The van der Waals surface area contributed by atoms with Crippen molar-refractivity contribution in [2.24, 2.45) is 7.05 Å². The number of aromatic amines is 1. The van der Waals surface area contributed by atoms with Gasteiger partial charge in [0.15, 0.2) is 0 Å². The van der Waals surface area contributed by atoms with E-state index in [1.807, 2.05) is 12.1 Å². The first-order valence-corrected chi connectivity index (χ1v) is 6.49. The molecule has 3 nitrogen and oxygen atoms in total. The number of hydrogen-bond acceptors (Lipinski definition) is 1. The standard InChI is InChI=1S/C15H20N2O/c1-4-5-9-13-14(16-17(3)15(13)18)12-10-7-6-8-11(12)2/h6-8,10,16H,4-5,9H2,1-3H3. The normalized spacial score (nSPS) is 10.8. The molecule has 0 unspecified atom stereocenters. The Hall–Kier alpha value is -1.77. The van der Waals surface area contributed by atoms with Gasteiger partial charge in [-0.05, 0) is 25.3 Å². The second-order valence-corrected chi connectivity index (χ2v) is 4.75. The molecule has 96 valence electrons. The zero-order chi connectivity index (χ0) is 13.1. The molecular weight excluding hydrogens is 224 g/mol. The van der Waals surface area contributed by atoms with Gasteiger partial charge in [-0.25, -0.2) is 0 Å². The van der Waals surface area contributed by atoms with Gasteiger partial charge in [-0.3, -0.25) is 14.6 Å². The molecule has 0 radical (unpaired) electrons. The van der Waals surface area contributed by atoms with Crippen molar-refractivity contribution in [2.75, 3.05) is 0 Å². The van der Waals surface area contributed by atoms with E-state index in [0.29, 0.717) is 0 Å². The third-order valence-corrected chi connectivity index (χ3v) is 3.34. The van der Waals surface area contributed by atoms with E-state index in [9.17, 15) is 4.79 Å². The highest BCUT2D eigenvalue weighted by Crippen LogP contribution is 2.24. The first-order chi connectivity index (χ1) is 8.65. The van der Waals surface area contributed by atoms with E-state index >= 15 is 0 Å². The number of aryl methyl sites for hydroxylation is 2. The van der Waals surface area contributed by atoms with Crippen LogP contribution in [0.4, 0.5) is 0 Å². The van der Waals surface area contributed by atoms with E-state index < -0.39 is 0 Å². The van der Waals surface area contributed by atoms with E-state index in [-0.39, 0.29) is 5.56 Å². The number of H-pyrrole nitrogens is 1. The highest BCUT2D eigenvalue weighted by atomic mass is 16.1. The summed E-state index contributed by atoms with van der Waals surface area (Å²) in [5, 5.41) is 3.18. The zero-order valence-corrected chi connectivity index (χ0v) is 11.3. The lowest BCUT2D eigenvalue weighted by molar-refractivity contribution is 0.733. The molecule has 0 bridgehead atoms. The monoisotopic (exact) mass is 244 g/mol. The van der Waals surface area contributed by atoms with Gasteiger partial charge in [0, 0.05) is 18.2 Å². The van der Waals surface area contributed by atoms with Crippen LogP contribution in [-0.2, 0) is 13.5 Å². The summed E-state index contributed by atoms with van der Waals surface area (Å²) in [6.45, 7) is 4.22. The van der Waals surface area contributed by atoms with Gasteiger partial charge in [0.2, 0.25) is 0 Å². The van der Waals surface area contributed by atoms with E-state index in [4.69, 9.17) is 0 Å². The molecule has 1 heterocycles. The van der Waals surface area contributed by atoms with Crippen molar-refractivity contribution in [3.05, 3.63) is 45.7 Å². The largest absolute Gasteiger partial charge is 0.295 e. The molecule has 0 spiro atoms. The maximum absolute atomic E-state index is 12.1. The van der Waals surface area contributed by atoms with Gasteiger partial charge in [-0.15, -0.1) is 0 Å². The number of nitrogens with zero attached hydrogens (tertiary/aromatic N) is 1. The molecular formula is C15H20N2O. The van der Waals surface area contributed by atoms with Crippen molar-refractivity contribution >= 4 is 0 Å². The van der Waals surface area contributed by atoms with E-state index in [2.05, 4.69) is 31.1 Å². The Morgan fingerprint density at radius 1 is 1.28 bits per heavy atom. The van der Waals surface area contributed by atoms with Crippen LogP contribution in [0.3, 0.4) is 0 Å². The van der Waals surface area contributed by atoms with Crippen LogP contribution in [0, 0.1) is 6.92 Å². The fourth-order valence-electron chi connectivity index (χ4n) is 2.26. The number of hydrogen-bond donors (Lipinski definition) is 1. The average Bonchev–Trinajstić information content (AvgIpc) is 2.64. The molecule has 1 aromatic carbocycles. The first-order valence-electron chi connectivity index (χ1n) is 6.49. The van der Waals surface area contributed by atoms with Crippen LogP contribution in [0.15, 0.2) is 29.1 Å². The molecule has 3 heteroatoms. The van der Waals surface area contributed by atoms with Crippen molar-refractivity contribution in [3.63, 3.8) is 0 Å². The lowest BCUT2D eigenvalue weighted by Crippen LogP contribution is -2.15. The molecule has 1 N–H and O–H groups in total. The highest BCUT2D eigenvalue weighted by Gasteiger charge is 2.14. The molecule has 0 aliphatic heterocycles. The van der Waals surface area contributed by atoms with Crippen molar-refractivity contribution in [3.8, 4) is 11.3 Å². The molecule has 2 aromatic rings. The summed E-state index contributed by atoms with van der Waals surface area (Å²) in [6, 6.07) is 8.17. The van der Waals surface area contributed by atoms with Gasteiger partial charge in [0.25, 0.3) is 5.56 Å². The Morgan fingerprint density at radius 3 is 2.67 bits per heavy atom. The predicted molar refractivity (Wildman–Crippen MR) is 74.8 cm³/mol. The summed E-state index contributed by atoms with van der Waals surface area (Å²) in [4.78, 5) is 12.1. The number of benzene rings is 1. The molecule has 18 heavy (non-hydrogen) atoms. The third-order valence-electron chi connectivity index (χ3n) is 3.34. The number of rotatable bonds is 4. The first kappa shape index (κ1) is 12.7. The molecule has 0 amide bonds. The van der Waals surface area contributed by atoms with Crippen molar-refractivity contribution in [2.45, 2.75) is 33.1 Å². The van der Waals surface area contributed by atoms with Crippen LogP contribution in [0.1, 0.15) is 30.9 Å². The predicted octanol–water partition coefficient (Wildman–Crippen LogP) is 3.03. The smallest absolute Gasteiger partial charge is 0.270 e. The van der Waals surface area contributed by atoms with E-state index in [1.165, 1.54) is 5.56 Å². The molecule has 0 atom stereocenters. The Balaban J connectivity index is 2.54. The van der Waals surface area contributed by atoms with Crippen LogP contribution in [0.25, 0.3) is 11.3 Å². The zero-order valence-electron chi connectivity index (χ0n) is 11.3. The topological polar surface area (TPSA) is 37.8 Å². The summed E-state index contributed by atoms with van der Waals surface area (Å²) in [6.07, 6.45) is 2.99. The summed E-state index contributed by atoms with van der Waals surface area (Å²) in [5.41, 5.74) is 4.31. The lowest BCUT2D eigenvalue weighted by Gasteiger charge is -2.05. The van der Waals surface area contributed by atoms with Crippen LogP contribution < -0.4 is 5.56 Å². The van der Waals surface area contributed by atoms with Crippen LogP contribution in [0.2, 0.25) is 0 Å². The minimum Gasteiger partial charge on any atom is -0.295 e. The molecule has 1 aromatic heterocycles. The fraction of sp³-hybridized carbons (Fsp3) is 0.400. The van der Waals surface area contributed by atoms with Crippen molar-refractivity contribution in [1.29, 1.82) is 0 Å². The Labute approximate surface area is 107 Å². The second-order valence-electron chi connectivity index (χ2n) is 4.75. The number of nitrogens with one attached hydrogen (secondary N) is 1. The molecule has 0 aliphatic rings. The Morgan fingerprint density at radius 2 is 2.00 bits per heavy atom. The van der Waals surface area contributed by atoms with Crippen LogP contribution in [-0.4, -0.2) is 9.78 Å². The molecule has 0 saturated carbocycles. The van der Waals surface area contributed by atoms with Gasteiger partial charge < -0.3 is 0 Å². The molecule has 0 fully saturated rings. The Kier molecular flexibility index (Phi) is 3.70. The lowest BCUT2D eigenvalue weighted by atomic mass is 10.0. The Bertz CT molecular complexity index is 593. The fourth-order valence-corrected chi connectivity index (χ4v) is 2.26. The summed E-state index contributed by atoms with van der Waals surface area (Å²) in [7, 11) is 1.78. The van der Waals surface area contributed by atoms with E-state index in [1.54, 1.807) is 11.7 Å². The average molecular weight is 244 g/mol. The number of aromatic nitrogens is 2. The second kappa shape index (κ2) is 5.25. The number of unbranched alkanes of at least 4 members (excludes halogenated alkanes) is 1. The maximum Gasteiger partial charge on any atom is 0.270 e. The van der Waals surface area contributed by atoms with Crippen molar-refractivity contribution < 1.29 is 0 Å². The van der Waals surface area contributed by atoms with Gasteiger partial charge in [0.1, 0.15) is 0 Å². The van der Waals surface area contributed by atoms with Crippen LogP contribution in [0.5, 0.6) is 0 Å². The van der Waals surface area contributed by atoms with Crippen molar-refractivity contribution in [1.82, 2.24) is 9.78 Å². The van der Waals surface area contributed by atoms with Gasteiger partial charge >= 0.3 is 0 Å². The van der Waals surface area contributed by atoms with E-state index in [0.717, 1.165) is 36.1 Å². The molecule has 2 rings (SSSR count). The molecule has 0 aliphatic carbocycles. The maximum atomic E-state index is 12.1. The molecule has 0 saturated heterocycles. The summed E-state index contributed by atoms with van der Waals surface area (Å²) >= 11 is 0. The van der Waals surface area contributed by atoms with Crippen LogP contribution >= 0.6 is 0 Å². The minimum atomic E-state index is 0.0988. The summed E-state index contributed by atoms with van der Waals surface area (Å²) < 4.78 is 1.58. The highest BCUT2D eigenvalue weighted by molar-refractivity contribution is 5.66. The van der Waals surface area contributed by atoms with Gasteiger partial charge in [-0.1, -0.05) is 37.6 Å². The van der Waals surface area contributed by atoms with Gasteiger partial charge in [-0.2, -0.15) is 0 Å². The quantitative estimate of drug-likeness (QED) is 0.882.